The number of anilines is 1. The van der Waals surface area contributed by atoms with E-state index in [2.05, 4.69) is 24.9 Å². The van der Waals surface area contributed by atoms with Gasteiger partial charge in [0.1, 0.15) is 17.6 Å². The summed E-state index contributed by atoms with van der Waals surface area (Å²) in [6, 6.07) is 10.9. The van der Waals surface area contributed by atoms with Crippen LogP contribution in [0.5, 0.6) is 5.75 Å². The predicted octanol–water partition coefficient (Wildman–Crippen LogP) is 3.11. The van der Waals surface area contributed by atoms with E-state index in [-0.39, 0.29) is 11.6 Å². The molecule has 2 aromatic rings. The Morgan fingerprint density at radius 1 is 1.35 bits per heavy atom. The number of aromatic nitrogens is 1. The molecule has 3 N–H and O–H groups in total. The Kier molecular flexibility index (Phi) is 3.90. The summed E-state index contributed by atoms with van der Waals surface area (Å²) in [6.07, 6.45) is 0.746. The topological polar surface area (TPSA) is 82.9 Å². The summed E-state index contributed by atoms with van der Waals surface area (Å²) in [5.41, 5.74) is 8.39. The zero-order chi connectivity index (χ0) is 14.7. The van der Waals surface area contributed by atoms with Crippen LogP contribution in [-0.4, -0.2) is 10.1 Å². The lowest BCUT2D eigenvalue weighted by molar-refractivity contribution is 0.477. The quantitative estimate of drug-likeness (QED) is 0.895. The molecule has 1 aromatic carbocycles. The van der Waals surface area contributed by atoms with Crippen LogP contribution in [0.2, 0.25) is 0 Å². The zero-order valence-electron chi connectivity index (χ0n) is 11.6. The molecule has 0 amide bonds. The van der Waals surface area contributed by atoms with Gasteiger partial charge in [0.15, 0.2) is 0 Å². The molecule has 0 spiro atoms. The second-order valence-corrected chi connectivity index (χ2v) is 5.15. The van der Waals surface area contributed by atoms with Gasteiger partial charge in [0.25, 0.3) is 0 Å². The lowest BCUT2D eigenvalue weighted by Crippen LogP contribution is -2.04. The van der Waals surface area contributed by atoms with Crippen molar-refractivity contribution >= 4 is 5.82 Å². The van der Waals surface area contributed by atoms with Crippen LogP contribution in [-0.2, 0) is 6.42 Å². The maximum Gasteiger partial charge on any atom is 0.142 e. The summed E-state index contributed by atoms with van der Waals surface area (Å²) >= 11 is 0. The van der Waals surface area contributed by atoms with E-state index in [1.807, 2.05) is 12.1 Å². The fourth-order valence-electron chi connectivity index (χ4n) is 2.18. The molecule has 1 heterocycles. The van der Waals surface area contributed by atoms with Crippen molar-refractivity contribution in [3.8, 4) is 23.1 Å². The Balaban J connectivity index is 2.60. The van der Waals surface area contributed by atoms with Crippen LogP contribution in [0.3, 0.4) is 0 Å². The van der Waals surface area contributed by atoms with Crippen LogP contribution in [0, 0.1) is 17.2 Å². The second kappa shape index (κ2) is 5.62. The van der Waals surface area contributed by atoms with Crippen LogP contribution in [0.4, 0.5) is 5.82 Å². The van der Waals surface area contributed by atoms with Crippen molar-refractivity contribution in [2.45, 2.75) is 20.3 Å². The maximum atomic E-state index is 9.91. The number of hydrogen-bond donors (Lipinski definition) is 2. The molecular weight excluding hydrogens is 250 g/mol. The minimum absolute atomic E-state index is 0.152. The fraction of sp³-hybridized carbons (Fsp3) is 0.250. The lowest BCUT2D eigenvalue weighted by Gasteiger charge is -2.12. The number of phenolic OH excluding ortho intramolecular Hbond substituents is 1. The van der Waals surface area contributed by atoms with E-state index < -0.39 is 0 Å². The van der Waals surface area contributed by atoms with Crippen molar-refractivity contribution in [3.63, 3.8) is 0 Å². The predicted molar refractivity (Wildman–Crippen MR) is 79.0 cm³/mol. The largest absolute Gasteiger partial charge is 0.507 e. The Morgan fingerprint density at radius 2 is 2.05 bits per heavy atom. The van der Waals surface area contributed by atoms with E-state index >= 15 is 0 Å². The van der Waals surface area contributed by atoms with Crippen LogP contribution < -0.4 is 5.73 Å². The Labute approximate surface area is 118 Å². The van der Waals surface area contributed by atoms with E-state index in [9.17, 15) is 10.4 Å². The number of nitrogens with zero attached hydrogens (tertiary/aromatic N) is 2. The Bertz CT molecular complexity index is 672. The monoisotopic (exact) mass is 267 g/mol. The third-order valence-electron chi connectivity index (χ3n) is 3.05. The van der Waals surface area contributed by atoms with Gasteiger partial charge < -0.3 is 10.8 Å². The summed E-state index contributed by atoms with van der Waals surface area (Å²) in [5.74, 6) is 0.768. The molecule has 0 unspecified atom stereocenters. The number of nitriles is 1. The van der Waals surface area contributed by atoms with Gasteiger partial charge in [0, 0.05) is 5.56 Å². The molecule has 0 fully saturated rings. The summed E-state index contributed by atoms with van der Waals surface area (Å²) in [7, 11) is 0. The van der Waals surface area contributed by atoms with Gasteiger partial charge in [0.05, 0.1) is 11.3 Å². The first-order chi connectivity index (χ1) is 9.52. The first-order valence-corrected chi connectivity index (χ1v) is 6.50. The molecule has 2 rings (SSSR count). The second-order valence-electron chi connectivity index (χ2n) is 5.15. The van der Waals surface area contributed by atoms with Crippen molar-refractivity contribution < 1.29 is 5.11 Å². The van der Waals surface area contributed by atoms with E-state index in [0.717, 1.165) is 12.0 Å². The van der Waals surface area contributed by atoms with Crippen molar-refractivity contribution in [3.05, 3.63) is 41.5 Å². The van der Waals surface area contributed by atoms with Crippen molar-refractivity contribution in [1.29, 1.82) is 5.26 Å². The van der Waals surface area contributed by atoms with E-state index in [4.69, 9.17) is 5.73 Å². The average Bonchev–Trinajstić information content (AvgIpc) is 2.38. The third-order valence-corrected chi connectivity index (χ3v) is 3.05. The molecule has 20 heavy (non-hydrogen) atoms. The van der Waals surface area contributed by atoms with E-state index in [1.54, 1.807) is 18.2 Å². The highest BCUT2D eigenvalue weighted by atomic mass is 16.3. The van der Waals surface area contributed by atoms with E-state index in [0.29, 0.717) is 22.7 Å². The number of benzene rings is 1. The number of aromatic hydroxyl groups is 1. The highest BCUT2D eigenvalue weighted by Gasteiger charge is 2.14. The molecule has 4 nitrogen and oxygen atoms in total. The molecule has 1 aromatic heterocycles. The maximum absolute atomic E-state index is 9.91. The van der Waals surface area contributed by atoms with Gasteiger partial charge in [-0.05, 0) is 36.1 Å². The van der Waals surface area contributed by atoms with Gasteiger partial charge in [-0.3, -0.25) is 0 Å². The number of nitrogen functional groups attached to an aromatic ring is 1. The lowest BCUT2D eigenvalue weighted by atomic mass is 9.97. The van der Waals surface area contributed by atoms with Gasteiger partial charge >= 0.3 is 0 Å². The molecule has 0 radical (unpaired) electrons. The minimum Gasteiger partial charge on any atom is -0.507 e. The molecular formula is C16H17N3O. The molecule has 4 heteroatoms. The van der Waals surface area contributed by atoms with Gasteiger partial charge in [-0.2, -0.15) is 5.26 Å². The van der Waals surface area contributed by atoms with Crippen LogP contribution in [0.1, 0.15) is 25.0 Å². The highest BCUT2D eigenvalue weighted by Crippen LogP contribution is 2.30. The van der Waals surface area contributed by atoms with E-state index in [1.165, 1.54) is 0 Å². The number of pyridine rings is 1. The van der Waals surface area contributed by atoms with Crippen molar-refractivity contribution in [2.24, 2.45) is 5.92 Å². The molecule has 102 valence electrons. The summed E-state index contributed by atoms with van der Waals surface area (Å²) in [5, 5.41) is 19.1. The highest BCUT2D eigenvalue weighted by molar-refractivity contribution is 5.70. The van der Waals surface area contributed by atoms with Gasteiger partial charge in [-0.1, -0.05) is 26.0 Å². The first kappa shape index (κ1) is 13.9. The van der Waals surface area contributed by atoms with Gasteiger partial charge in [0.2, 0.25) is 0 Å². The minimum atomic E-state index is 0.152. The molecule has 0 aliphatic heterocycles. The first-order valence-electron chi connectivity index (χ1n) is 6.50. The molecule has 0 saturated carbocycles. The molecule has 0 saturated heterocycles. The number of para-hydroxylation sites is 1. The third kappa shape index (κ3) is 2.72. The summed E-state index contributed by atoms with van der Waals surface area (Å²) < 4.78 is 0. The molecule has 0 atom stereocenters. The smallest absolute Gasteiger partial charge is 0.142 e. The number of hydrogen-bond acceptors (Lipinski definition) is 4. The fourth-order valence-corrected chi connectivity index (χ4v) is 2.18. The summed E-state index contributed by atoms with van der Waals surface area (Å²) in [6.45, 7) is 4.16. The molecule has 0 bridgehead atoms. The number of phenols is 1. The Morgan fingerprint density at radius 3 is 2.65 bits per heavy atom. The zero-order valence-corrected chi connectivity index (χ0v) is 11.6. The van der Waals surface area contributed by atoms with Crippen molar-refractivity contribution in [2.75, 3.05) is 5.73 Å². The number of rotatable bonds is 3. The van der Waals surface area contributed by atoms with Gasteiger partial charge in [-0.25, -0.2) is 4.98 Å². The van der Waals surface area contributed by atoms with Crippen LogP contribution >= 0.6 is 0 Å². The van der Waals surface area contributed by atoms with Gasteiger partial charge in [-0.15, -0.1) is 0 Å². The number of nitrogens with two attached hydrogens (primary N) is 1. The summed E-state index contributed by atoms with van der Waals surface area (Å²) in [4.78, 5) is 4.24. The standard InChI is InChI=1S/C16H17N3O/c1-10(2)7-11-8-14(19-16(18)13(11)9-17)12-5-3-4-6-15(12)20/h3-6,8,10,20H,7H2,1-2H3,(H2,18,19). The normalized spacial score (nSPS) is 10.5. The molecule has 0 aliphatic rings. The molecule has 0 aliphatic carbocycles. The van der Waals surface area contributed by atoms with Crippen LogP contribution in [0.15, 0.2) is 30.3 Å². The van der Waals surface area contributed by atoms with Crippen LogP contribution in [0.25, 0.3) is 11.3 Å². The SMILES string of the molecule is CC(C)Cc1cc(-c2ccccc2O)nc(N)c1C#N. The average molecular weight is 267 g/mol. The van der Waals surface area contributed by atoms with Crippen molar-refractivity contribution in [1.82, 2.24) is 4.98 Å². The Hall–Kier alpha value is -2.54.